The first-order valence-corrected chi connectivity index (χ1v) is 18.4. The minimum atomic E-state index is -1.13. The Kier molecular flexibility index (Phi) is 24.4. The summed E-state index contributed by atoms with van der Waals surface area (Å²) in [5.74, 6) is -3.55. The van der Waals surface area contributed by atoms with Crippen molar-refractivity contribution in [3.8, 4) is 5.75 Å². The minimum absolute atomic E-state index is 0. The third kappa shape index (κ3) is 20.5. The average molecular weight is 836 g/mol. The van der Waals surface area contributed by atoms with Gasteiger partial charge in [0.25, 0.3) is 5.96 Å². The summed E-state index contributed by atoms with van der Waals surface area (Å²) in [6.07, 6.45) is 1.47. The molecular formula is C38H58ClN9O10. The molecule has 0 aliphatic carbocycles. The number of amides is 3. The highest BCUT2D eigenvalue weighted by atomic mass is 35.5. The highest BCUT2D eigenvalue weighted by Crippen LogP contribution is 2.13. The fraction of sp³-hybridized carbons (Fsp3) is 0.500. The van der Waals surface area contributed by atoms with Crippen molar-refractivity contribution in [3.63, 3.8) is 0 Å². The van der Waals surface area contributed by atoms with Crippen molar-refractivity contribution in [3.05, 3.63) is 75.8 Å². The number of rotatable bonds is 22. The van der Waals surface area contributed by atoms with Gasteiger partial charge in [-0.1, -0.05) is 76.6 Å². The van der Waals surface area contributed by atoms with E-state index in [1.54, 1.807) is 69.1 Å². The molecule has 0 aliphatic heterocycles. The molecule has 0 aliphatic rings. The molecule has 0 fully saturated rings. The Labute approximate surface area is 344 Å². The number of hydrazone groups is 1. The number of hydrogen-bond acceptors (Lipinski definition) is 11. The highest BCUT2D eigenvalue weighted by Gasteiger charge is 2.31. The van der Waals surface area contributed by atoms with Crippen molar-refractivity contribution >= 4 is 53.6 Å². The molecule has 2 rings (SSSR count). The van der Waals surface area contributed by atoms with Gasteiger partial charge in [0.1, 0.15) is 22.9 Å². The van der Waals surface area contributed by atoms with Crippen LogP contribution in [0.3, 0.4) is 0 Å². The standard InChI is InChI=1S/C20H31N3O5.C18H26N6O5.ClH/c1-5-12(4)17(20(27)28)23-18(25)15(22-19(26)16(21)11(2)3)10-13-6-8-14(24)9-7-13;1-13(25)15(9-6-10-20-18(19)22-24(28)29)21-17(27)12-23(2)11-16(26)14-7-4-3-5-8-14;/h6-9,11-12,15-17,24H,5,10,21H2,1-4H3,(H,22,26)(H,23,25)(H,27,28);3-5,7-8,15H,6,9-12H2,1-2H3,(H,21,27)(H3,19,20,22);1H/t12-,15-,16-,17-;15-;/m00./s1. The number of phenolic OH excluding ortho intramolecular Hbond substituents is 1. The van der Waals surface area contributed by atoms with Crippen LogP contribution in [0.2, 0.25) is 0 Å². The fourth-order valence-corrected chi connectivity index (χ4v) is 5.11. The Morgan fingerprint density at radius 2 is 1.52 bits per heavy atom. The number of benzene rings is 2. The van der Waals surface area contributed by atoms with Crippen LogP contribution >= 0.6 is 12.4 Å². The SMILES string of the molecule is CC(=O)[C@H](CCCN/C(N)=N\[N+](=O)[O-])NC(=O)CN(C)CC(=O)c1ccccc1.CC[C@H](C)[C@H](NC(=O)[C@H](Cc1ccc(O)cc1)NC(=O)[C@@H](N)C(C)C)C(=O)O.Cl. The number of nitrogens with one attached hydrogen (secondary N) is 4. The van der Waals surface area contributed by atoms with E-state index in [0.29, 0.717) is 30.4 Å². The Hall–Kier alpha value is -5.66. The molecule has 322 valence electrons. The molecule has 58 heavy (non-hydrogen) atoms. The lowest BCUT2D eigenvalue weighted by Gasteiger charge is -2.26. The van der Waals surface area contributed by atoms with E-state index in [2.05, 4.69) is 26.4 Å². The van der Waals surface area contributed by atoms with Gasteiger partial charge in [0.15, 0.2) is 16.6 Å². The van der Waals surface area contributed by atoms with Crippen LogP contribution in [0.15, 0.2) is 59.7 Å². The first-order valence-electron chi connectivity index (χ1n) is 18.4. The first kappa shape index (κ1) is 52.3. The molecule has 0 saturated heterocycles. The van der Waals surface area contributed by atoms with Gasteiger partial charge in [-0.15, -0.1) is 12.4 Å². The fourth-order valence-electron chi connectivity index (χ4n) is 5.11. The number of phenols is 1. The Morgan fingerprint density at radius 3 is 2.03 bits per heavy atom. The van der Waals surface area contributed by atoms with Gasteiger partial charge in [0.2, 0.25) is 17.7 Å². The van der Waals surface area contributed by atoms with E-state index in [9.17, 15) is 49.1 Å². The van der Waals surface area contributed by atoms with E-state index in [1.807, 2.05) is 13.0 Å². The molecule has 0 bridgehead atoms. The number of aliphatic carboxylic acids is 1. The summed E-state index contributed by atoms with van der Waals surface area (Å²) in [6, 6.07) is 11.4. The number of carbonyl (C=O) groups is 6. The second kappa shape index (κ2) is 27.1. The van der Waals surface area contributed by atoms with Crippen LogP contribution in [0.4, 0.5) is 0 Å². The zero-order valence-electron chi connectivity index (χ0n) is 33.7. The predicted molar refractivity (Wildman–Crippen MR) is 220 cm³/mol. The van der Waals surface area contributed by atoms with Gasteiger partial charge in [0.05, 0.1) is 25.2 Å². The van der Waals surface area contributed by atoms with Crippen molar-refractivity contribution in [1.29, 1.82) is 0 Å². The van der Waals surface area contributed by atoms with Gasteiger partial charge >= 0.3 is 5.97 Å². The lowest BCUT2D eigenvalue weighted by Crippen LogP contribution is -2.57. The van der Waals surface area contributed by atoms with Crippen LogP contribution in [-0.4, -0.2) is 112 Å². The summed E-state index contributed by atoms with van der Waals surface area (Å²) in [5.41, 5.74) is 12.4. The van der Waals surface area contributed by atoms with E-state index >= 15 is 0 Å². The van der Waals surface area contributed by atoms with E-state index in [1.165, 1.54) is 19.1 Å². The molecule has 2 aromatic carbocycles. The van der Waals surface area contributed by atoms with E-state index in [-0.39, 0.29) is 79.5 Å². The van der Waals surface area contributed by atoms with Gasteiger partial charge in [-0.05, 0) is 56.3 Å². The van der Waals surface area contributed by atoms with Gasteiger partial charge in [-0.25, -0.2) is 14.9 Å². The molecule has 0 unspecified atom stereocenters. The van der Waals surface area contributed by atoms with Gasteiger partial charge in [-0.3, -0.25) is 28.9 Å². The topological polar surface area (TPSA) is 302 Å². The Bertz CT molecular complexity index is 1680. The molecule has 0 radical (unpaired) electrons. The number of ketones is 2. The van der Waals surface area contributed by atoms with E-state index in [4.69, 9.17) is 11.5 Å². The number of nitrogens with zero attached hydrogens (tertiary/aromatic N) is 3. The van der Waals surface area contributed by atoms with Crippen molar-refractivity contribution < 1.29 is 44.0 Å². The van der Waals surface area contributed by atoms with Gasteiger partial charge in [-0.2, -0.15) is 0 Å². The van der Waals surface area contributed by atoms with Crippen molar-refractivity contribution in [1.82, 2.24) is 26.2 Å². The number of halogens is 1. The summed E-state index contributed by atoms with van der Waals surface area (Å²) in [7, 11) is 1.64. The number of aromatic hydroxyl groups is 1. The molecule has 0 spiro atoms. The monoisotopic (exact) mass is 835 g/mol. The highest BCUT2D eigenvalue weighted by molar-refractivity contribution is 5.98. The van der Waals surface area contributed by atoms with Crippen LogP contribution in [0.25, 0.3) is 0 Å². The number of Topliss-reactive ketones (excluding diaryl/α,β-unsaturated/α-hetero) is 2. The van der Waals surface area contributed by atoms with Crippen molar-refractivity contribution in [2.24, 2.45) is 28.4 Å². The largest absolute Gasteiger partial charge is 0.508 e. The second-order valence-corrected chi connectivity index (χ2v) is 13.9. The molecule has 19 nitrogen and oxygen atoms in total. The van der Waals surface area contributed by atoms with Crippen molar-refractivity contribution in [2.75, 3.05) is 26.7 Å². The Morgan fingerprint density at radius 1 is 0.914 bits per heavy atom. The lowest BCUT2D eigenvalue weighted by atomic mass is 9.97. The molecule has 0 saturated carbocycles. The quantitative estimate of drug-likeness (QED) is 0.0207. The molecule has 10 N–H and O–H groups in total. The number of likely N-dealkylation sites (N-methyl/N-ethyl adjacent to an activating group) is 1. The number of nitrogens with two attached hydrogens (primary N) is 2. The first-order chi connectivity index (χ1) is 26.7. The summed E-state index contributed by atoms with van der Waals surface area (Å²) in [4.78, 5) is 84.6. The lowest BCUT2D eigenvalue weighted by molar-refractivity contribution is -0.485. The number of hydrogen-bond donors (Lipinski definition) is 8. The van der Waals surface area contributed by atoms with Crippen LogP contribution in [0, 0.1) is 22.0 Å². The molecule has 20 heteroatoms. The van der Waals surface area contributed by atoms with E-state index in [0.717, 1.165) is 0 Å². The summed E-state index contributed by atoms with van der Waals surface area (Å²) in [6.45, 7) is 8.82. The van der Waals surface area contributed by atoms with Gasteiger partial charge < -0.3 is 42.9 Å². The summed E-state index contributed by atoms with van der Waals surface area (Å²) >= 11 is 0. The molecule has 2 aromatic rings. The number of carboxylic acid groups (broad SMARTS) is 1. The molecular weight excluding hydrogens is 778 g/mol. The third-order valence-corrected chi connectivity index (χ3v) is 8.72. The van der Waals surface area contributed by atoms with Crippen LogP contribution in [0.1, 0.15) is 69.8 Å². The summed E-state index contributed by atoms with van der Waals surface area (Å²) < 4.78 is 0. The zero-order valence-corrected chi connectivity index (χ0v) is 34.5. The minimum Gasteiger partial charge on any atom is -0.508 e. The third-order valence-electron chi connectivity index (χ3n) is 8.72. The number of carbonyl (C=O) groups excluding carboxylic acids is 5. The van der Waals surface area contributed by atoms with Crippen LogP contribution in [0.5, 0.6) is 5.75 Å². The molecule has 5 atom stereocenters. The molecule has 0 heterocycles. The van der Waals surface area contributed by atoms with Gasteiger partial charge in [0, 0.05) is 18.5 Å². The molecule has 0 aromatic heterocycles. The zero-order chi connectivity index (χ0) is 43.2. The maximum absolute atomic E-state index is 12.8. The smallest absolute Gasteiger partial charge is 0.326 e. The number of carboxylic acids is 1. The number of nitro groups is 1. The Balaban J connectivity index is 0.00000110. The predicted octanol–water partition coefficient (Wildman–Crippen LogP) is 1.19. The second-order valence-electron chi connectivity index (χ2n) is 13.9. The maximum atomic E-state index is 12.8. The van der Waals surface area contributed by atoms with Crippen LogP contribution < -0.4 is 32.7 Å². The van der Waals surface area contributed by atoms with Crippen LogP contribution in [-0.2, 0) is 30.4 Å². The normalized spacial score (nSPS) is 13.6. The van der Waals surface area contributed by atoms with Crippen molar-refractivity contribution in [2.45, 2.75) is 84.5 Å². The number of guanidine groups is 1. The average Bonchev–Trinajstić information content (AvgIpc) is 3.14. The maximum Gasteiger partial charge on any atom is 0.326 e. The molecule has 3 amide bonds. The summed E-state index contributed by atoms with van der Waals surface area (Å²) in [5, 5.41) is 41.3. The van der Waals surface area contributed by atoms with E-state index < -0.39 is 47.0 Å².